The van der Waals surface area contributed by atoms with Crippen LogP contribution in [-0.2, 0) is 19.1 Å². The summed E-state index contributed by atoms with van der Waals surface area (Å²) in [7, 11) is 0. The van der Waals surface area contributed by atoms with Crippen molar-refractivity contribution in [1.82, 2.24) is 0 Å². The SMILES string of the molecule is CCCCCOC1CCC(C(=O)Oc2ccc(C=CC(=O)OCC(C)c3cc(N)cc(N)c3)cc2)CC1. The first-order valence-electron chi connectivity index (χ1n) is 13.3. The van der Waals surface area contributed by atoms with E-state index in [0.717, 1.165) is 49.8 Å². The molecule has 0 heterocycles. The molecule has 1 fully saturated rings. The van der Waals surface area contributed by atoms with Crippen molar-refractivity contribution in [3.63, 3.8) is 0 Å². The van der Waals surface area contributed by atoms with Gasteiger partial charge in [-0.05, 0) is 79.6 Å². The van der Waals surface area contributed by atoms with Gasteiger partial charge in [-0.2, -0.15) is 0 Å². The van der Waals surface area contributed by atoms with Crippen molar-refractivity contribution in [2.75, 3.05) is 24.7 Å². The maximum absolute atomic E-state index is 12.6. The number of carbonyl (C=O) groups is 2. The highest BCUT2D eigenvalue weighted by Gasteiger charge is 2.28. The lowest BCUT2D eigenvalue weighted by atomic mass is 9.87. The van der Waals surface area contributed by atoms with Crippen LogP contribution < -0.4 is 16.2 Å². The number of unbranched alkanes of at least 4 members (excludes halogenated alkanes) is 2. The van der Waals surface area contributed by atoms with Gasteiger partial charge in [0.2, 0.25) is 0 Å². The minimum absolute atomic E-state index is 0.0366. The van der Waals surface area contributed by atoms with Crippen LogP contribution in [0.4, 0.5) is 11.4 Å². The summed E-state index contributed by atoms with van der Waals surface area (Å²) >= 11 is 0. The Morgan fingerprint density at radius 3 is 2.32 bits per heavy atom. The third kappa shape index (κ3) is 9.57. The molecule has 0 radical (unpaired) electrons. The van der Waals surface area contributed by atoms with Crippen LogP contribution in [0.2, 0.25) is 0 Å². The zero-order valence-electron chi connectivity index (χ0n) is 22.0. The number of hydrogen-bond acceptors (Lipinski definition) is 7. The van der Waals surface area contributed by atoms with E-state index >= 15 is 0 Å². The summed E-state index contributed by atoms with van der Waals surface area (Å²) in [6.07, 6.45) is 10.2. The van der Waals surface area contributed by atoms with E-state index in [4.69, 9.17) is 25.7 Å². The molecule has 3 rings (SSSR count). The van der Waals surface area contributed by atoms with E-state index in [-0.39, 0.29) is 30.5 Å². The third-order valence-electron chi connectivity index (χ3n) is 6.66. The minimum Gasteiger partial charge on any atom is -0.462 e. The quantitative estimate of drug-likeness (QED) is 0.121. The predicted octanol–water partition coefficient (Wildman–Crippen LogP) is 5.88. The molecule has 200 valence electrons. The zero-order chi connectivity index (χ0) is 26.6. The third-order valence-corrected chi connectivity index (χ3v) is 6.66. The highest BCUT2D eigenvalue weighted by atomic mass is 16.5. The Balaban J connectivity index is 1.39. The number of rotatable bonds is 12. The van der Waals surface area contributed by atoms with Crippen LogP contribution in [0, 0.1) is 5.92 Å². The Morgan fingerprint density at radius 2 is 1.68 bits per heavy atom. The van der Waals surface area contributed by atoms with Crippen molar-refractivity contribution in [2.24, 2.45) is 5.92 Å². The van der Waals surface area contributed by atoms with Gasteiger partial charge in [0, 0.05) is 30.0 Å². The fraction of sp³-hybridized carbons (Fsp3) is 0.467. The number of ether oxygens (including phenoxy) is 3. The van der Waals surface area contributed by atoms with E-state index in [2.05, 4.69) is 6.92 Å². The summed E-state index contributed by atoms with van der Waals surface area (Å²) in [5.74, 6) is -0.254. The Labute approximate surface area is 220 Å². The smallest absolute Gasteiger partial charge is 0.330 e. The Bertz CT molecular complexity index is 1020. The highest BCUT2D eigenvalue weighted by Crippen LogP contribution is 2.28. The second-order valence-corrected chi connectivity index (χ2v) is 9.84. The number of nitrogen functional groups attached to an aromatic ring is 2. The van der Waals surface area contributed by atoms with E-state index in [0.29, 0.717) is 17.1 Å². The average Bonchev–Trinajstić information content (AvgIpc) is 2.89. The maximum Gasteiger partial charge on any atom is 0.330 e. The average molecular weight is 509 g/mol. The van der Waals surface area contributed by atoms with Gasteiger partial charge < -0.3 is 25.7 Å². The van der Waals surface area contributed by atoms with Gasteiger partial charge in [0.1, 0.15) is 5.75 Å². The van der Waals surface area contributed by atoms with Crippen molar-refractivity contribution in [3.05, 3.63) is 59.7 Å². The van der Waals surface area contributed by atoms with Crippen molar-refractivity contribution in [2.45, 2.75) is 70.8 Å². The lowest BCUT2D eigenvalue weighted by molar-refractivity contribution is -0.141. The molecule has 2 aromatic rings. The molecule has 0 spiro atoms. The van der Waals surface area contributed by atoms with Gasteiger partial charge in [-0.1, -0.05) is 38.8 Å². The maximum atomic E-state index is 12.6. The summed E-state index contributed by atoms with van der Waals surface area (Å²) < 4.78 is 16.9. The summed E-state index contributed by atoms with van der Waals surface area (Å²) in [4.78, 5) is 24.7. The first-order chi connectivity index (χ1) is 17.8. The summed E-state index contributed by atoms with van der Waals surface area (Å²) in [5.41, 5.74) is 14.6. The van der Waals surface area contributed by atoms with Gasteiger partial charge in [0.05, 0.1) is 18.6 Å². The second-order valence-electron chi connectivity index (χ2n) is 9.84. The van der Waals surface area contributed by atoms with E-state index in [1.165, 1.54) is 18.9 Å². The predicted molar refractivity (Wildman–Crippen MR) is 147 cm³/mol. The molecule has 0 aliphatic heterocycles. The van der Waals surface area contributed by atoms with Crippen LogP contribution >= 0.6 is 0 Å². The molecule has 4 N–H and O–H groups in total. The lowest BCUT2D eigenvalue weighted by Gasteiger charge is -2.27. The Morgan fingerprint density at radius 1 is 1.00 bits per heavy atom. The van der Waals surface area contributed by atoms with Crippen molar-refractivity contribution < 1.29 is 23.8 Å². The normalized spacial score (nSPS) is 18.4. The number of esters is 2. The van der Waals surface area contributed by atoms with Gasteiger partial charge in [-0.3, -0.25) is 4.79 Å². The molecular formula is C30H40N2O5. The topological polar surface area (TPSA) is 114 Å². The Hall–Kier alpha value is -3.32. The molecule has 37 heavy (non-hydrogen) atoms. The van der Waals surface area contributed by atoms with Gasteiger partial charge in [-0.25, -0.2) is 4.79 Å². The molecule has 1 aliphatic carbocycles. The van der Waals surface area contributed by atoms with Crippen LogP contribution in [0.1, 0.15) is 75.8 Å². The first kappa shape index (κ1) is 28.3. The minimum atomic E-state index is -0.441. The second kappa shape index (κ2) is 14.4. The number of carbonyl (C=O) groups excluding carboxylic acids is 2. The highest BCUT2D eigenvalue weighted by molar-refractivity contribution is 5.87. The van der Waals surface area contributed by atoms with Crippen LogP contribution in [0.3, 0.4) is 0 Å². The van der Waals surface area contributed by atoms with E-state index in [1.807, 2.05) is 19.1 Å². The summed E-state index contributed by atoms with van der Waals surface area (Å²) in [6.45, 7) is 5.15. The largest absolute Gasteiger partial charge is 0.462 e. The molecule has 1 atom stereocenters. The van der Waals surface area contributed by atoms with Crippen molar-refractivity contribution in [3.8, 4) is 5.75 Å². The van der Waals surface area contributed by atoms with Crippen LogP contribution in [0.5, 0.6) is 5.75 Å². The number of anilines is 2. The van der Waals surface area contributed by atoms with Gasteiger partial charge in [0.25, 0.3) is 0 Å². The molecule has 0 amide bonds. The molecular weight excluding hydrogens is 468 g/mol. The number of hydrogen-bond donors (Lipinski definition) is 2. The molecule has 7 nitrogen and oxygen atoms in total. The molecule has 1 aliphatic rings. The van der Waals surface area contributed by atoms with Crippen molar-refractivity contribution in [1.29, 1.82) is 0 Å². The van der Waals surface area contributed by atoms with E-state index in [1.54, 1.807) is 36.4 Å². The molecule has 0 saturated heterocycles. The van der Waals surface area contributed by atoms with E-state index < -0.39 is 5.97 Å². The summed E-state index contributed by atoms with van der Waals surface area (Å²) in [5, 5.41) is 0. The molecule has 1 unspecified atom stereocenters. The van der Waals surface area contributed by atoms with Gasteiger partial charge >= 0.3 is 11.9 Å². The number of benzene rings is 2. The van der Waals surface area contributed by atoms with Gasteiger partial charge in [-0.15, -0.1) is 0 Å². The van der Waals surface area contributed by atoms with Crippen LogP contribution in [0.25, 0.3) is 6.08 Å². The first-order valence-corrected chi connectivity index (χ1v) is 13.3. The fourth-order valence-electron chi connectivity index (χ4n) is 4.42. The molecule has 2 aromatic carbocycles. The lowest BCUT2D eigenvalue weighted by Crippen LogP contribution is -2.29. The fourth-order valence-corrected chi connectivity index (χ4v) is 4.42. The van der Waals surface area contributed by atoms with E-state index in [9.17, 15) is 9.59 Å². The standard InChI is InChI=1S/C30H40N2O5/c1-3-4-5-16-35-27-13-9-23(10-14-27)30(34)37-28-11-6-22(7-12-28)8-15-29(33)36-20-21(2)24-17-25(31)19-26(32)18-24/h6-8,11-12,15,17-19,21,23,27H,3-5,9-10,13-14,16,20,31-32H2,1-2H3. The monoisotopic (exact) mass is 508 g/mol. The zero-order valence-corrected chi connectivity index (χ0v) is 22.0. The molecule has 7 heteroatoms. The Kier molecular flexibility index (Phi) is 11.0. The van der Waals surface area contributed by atoms with Gasteiger partial charge in [0.15, 0.2) is 0 Å². The molecule has 0 bridgehead atoms. The molecule has 1 saturated carbocycles. The number of nitrogens with two attached hydrogens (primary N) is 2. The molecule has 0 aromatic heterocycles. The van der Waals surface area contributed by atoms with Crippen LogP contribution in [-0.4, -0.2) is 31.3 Å². The summed E-state index contributed by atoms with van der Waals surface area (Å²) in [6, 6.07) is 12.4. The van der Waals surface area contributed by atoms with Crippen LogP contribution in [0.15, 0.2) is 48.5 Å². The van der Waals surface area contributed by atoms with Crippen molar-refractivity contribution >= 4 is 29.4 Å².